The van der Waals surface area contributed by atoms with E-state index in [1.54, 1.807) is 0 Å². The van der Waals surface area contributed by atoms with Crippen molar-refractivity contribution in [3.63, 3.8) is 0 Å². The van der Waals surface area contributed by atoms with Gasteiger partial charge in [0.05, 0.1) is 0 Å². The van der Waals surface area contributed by atoms with Gasteiger partial charge in [0.25, 0.3) is 0 Å². The molecule has 2 heterocycles. The van der Waals surface area contributed by atoms with Gasteiger partial charge in [0.2, 0.25) is 0 Å². The number of rotatable bonds is 0. The first-order valence-electron chi connectivity index (χ1n) is 9.66. The molecule has 3 saturated carbocycles. The number of likely N-dealkylation sites (tertiary alicyclic amines) is 2. The topological polar surface area (TPSA) is 6.48 Å². The molecule has 22 heavy (non-hydrogen) atoms. The summed E-state index contributed by atoms with van der Waals surface area (Å²) >= 11 is 0. The van der Waals surface area contributed by atoms with Crippen molar-refractivity contribution in [2.75, 3.05) is 26.2 Å². The SMILES string of the molecule is CC(C)(C)N1CC2C3CCC(C2C1)C1CN(C(C)(C)C)CC31. The number of fused-ring (bicyclic) bond motifs is 1. The fourth-order valence-corrected chi connectivity index (χ4v) is 6.49. The molecule has 0 radical (unpaired) electrons. The Morgan fingerprint density at radius 1 is 0.500 bits per heavy atom. The van der Waals surface area contributed by atoms with Crippen LogP contribution in [0.2, 0.25) is 0 Å². The van der Waals surface area contributed by atoms with E-state index in [0.29, 0.717) is 11.1 Å². The van der Waals surface area contributed by atoms with Crippen LogP contribution in [0.5, 0.6) is 0 Å². The molecule has 2 bridgehead atoms. The number of nitrogens with zero attached hydrogens (tertiary/aromatic N) is 2. The maximum atomic E-state index is 2.80. The Balaban J connectivity index is 1.57. The second kappa shape index (κ2) is 4.72. The molecule has 5 rings (SSSR count). The van der Waals surface area contributed by atoms with Crippen LogP contribution in [-0.2, 0) is 0 Å². The summed E-state index contributed by atoms with van der Waals surface area (Å²) in [5.41, 5.74) is 0.729. The molecule has 2 heteroatoms. The van der Waals surface area contributed by atoms with Crippen molar-refractivity contribution in [3.8, 4) is 0 Å². The summed E-state index contributed by atoms with van der Waals surface area (Å²) in [6.45, 7) is 20.0. The van der Waals surface area contributed by atoms with Crippen LogP contribution in [0, 0.1) is 35.5 Å². The average molecular weight is 305 g/mol. The van der Waals surface area contributed by atoms with E-state index >= 15 is 0 Å². The summed E-state index contributed by atoms with van der Waals surface area (Å²) in [5.74, 6) is 6.11. The standard InChI is InChI=1S/C20H36N2/c1-19(2,3)21-9-15-13-7-8-14(16(15)10-21)18-12-22(11-17(13)18)20(4,5)6/h13-18H,7-12H2,1-6H3. The Morgan fingerprint density at radius 2 is 0.773 bits per heavy atom. The van der Waals surface area contributed by atoms with Crippen molar-refractivity contribution in [1.29, 1.82) is 0 Å². The molecular weight excluding hydrogens is 268 g/mol. The number of hydrogen-bond acceptors (Lipinski definition) is 2. The zero-order valence-corrected chi connectivity index (χ0v) is 15.6. The molecule has 4 unspecified atom stereocenters. The Kier molecular flexibility index (Phi) is 3.32. The molecule has 0 spiro atoms. The van der Waals surface area contributed by atoms with E-state index in [9.17, 15) is 0 Å². The predicted molar refractivity (Wildman–Crippen MR) is 92.8 cm³/mol. The van der Waals surface area contributed by atoms with Gasteiger partial charge in [-0.05, 0) is 89.9 Å². The molecule has 5 aliphatic rings. The zero-order valence-electron chi connectivity index (χ0n) is 15.6. The molecular formula is C20H36N2. The zero-order chi connectivity index (χ0) is 15.9. The van der Waals surface area contributed by atoms with E-state index in [0.717, 1.165) is 35.5 Å². The summed E-state index contributed by atoms with van der Waals surface area (Å²) in [4.78, 5) is 5.60. The van der Waals surface area contributed by atoms with Gasteiger partial charge in [-0.15, -0.1) is 0 Å². The molecule has 3 aliphatic carbocycles. The van der Waals surface area contributed by atoms with Crippen molar-refractivity contribution in [2.45, 2.75) is 65.5 Å². The lowest BCUT2D eigenvalue weighted by molar-refractivity contribution is -0.0289. The molecule has 2 nitrogen and oxygen atoms in total. The van der Waals surface area contributed by atoms with Crippen molar-refractivity contribution >= 4 is 0 Å². The third-order valence-corrected chi connectivity index (χ3v) is 7.76. The Bertz CT molecular complexity index is 378. The smallest absolute Gasteiger partial charge is 0.0125 e. The van der Waals surface area contributed by atoms with Gasteiger partial charge < -0.3 is 0 Å². The number of hydrogen-bond donors (Lipinski definition) is 0. The van der Waals surface area contributed by atoms with Crippen LogP contribution in [0.25, 0.3) is 0 Å². The minimum absolute atomic E-state index is 0.364. The van der Waals surface area contributed by atoms with Crippen LogP contribution >= 0.6 is 0 Å². The largest absolute Gasteiger partial charge is 0.298 e. The summed E-state index contributed by atoms with van der Waals surface area (Å²) in [6, 6.07) is 0. The summed E-state index contributed by atoms with van der Waals surface area (Å²) in [7, 11) is 0. The first-order valence-corrected chi connectivity index (χ1v) is 9.66. The highest BCUT2D eigenvalue weighted by atomic mass is 15.2. The molecule has 2 saturated heterocycles. The van der Waals surface area contributed by atoms with E-state index in [-0.39, 0.29) is 0 Å². The van der Waals surface area contributed by atoms with E-state index in [1.807, 2.05) is 0 Å². The molecule has 0 aromatic carbocycles. The normalized spacial score (nSPS) is 46.1. The van der Waals surface area contributed by atoms with Crippen molar-refractivity contribution in [2.24, 2.45) is 35.5 Å². The highest BCUT2D eigenvalue weighted by Gasteiger charge is 2.59. The fraction of sp³-hybridized carbons (Fsp3) is 1.00. The first kappa shape index (κ1) is 15.4. The van der Waals surface area contributed by atoms with Gasteiger partial charge in [-0.3, -0.25) is 9.80 Å². The molecule has 0 aromatic rings. The lowest BCUT2D eigenvalue weighted by Gasteiger charge is -2.52. The first-order chi connectivity index (χ1) is 10.2. The summed E-state index contributed by atoms with van der Waals surface area (Å²) in [5, 5.41) is 0. The Morgan fingerprint density at radius 3 is 1.00 bits per heavy atom. The Labute approximate surface area is 137 Å². The molecule has 126 valence electrons. The average Bonchev–Trinajstić information content (AvgIpc) is 3.03. The van der Waals surface area contributed by atoms with E-state index in [1.165, 1.54) is 39.0 Å². The lowest BCUT2D eigenvalue weighted by Crippen LogP contribution is -2.49. The van der Waals surface area contributed by atoms with Crippen molar-refractivity contribution < 1.29 is 0 Å². The van der Waals surface area contributed by atoms with Gasteiger partial charge >= 0.3 is 0 Å². The minimum Gasteiger partial charge on any atom is -0.298 e. The maximum absolute atomic E-state index is 2.80. The van der Waals surface area contributed by atoms with Gasteiger partial charge in [-0.1, -0.05) is 0 Å². The minimum atomic E-state index is 0.364. The molecule has 0 amide bonds. The van der Waals surface area contributed by atoms with Gasteiger partial charge in [0.1, 0.15) is 0 Å². The highest BCUT2D eigenvalue weighted by molar-refractivity contribution is 5.10. The molecule has 4 atom stereocenters. The molecule has 2 aliphatic heterocycles. The van der Waals surface area contributed by atoms with Crippen LogP contribution in [0.4, 0.5) is 0 Å². The van der Waals surface area contributed by atoms with Crippen LogP contribution in [0.15, 0.2) is 0 Å². The van der Waals surface area contributed by atoms with Crippen LogP contribution in [0.1, 0.15) is 54.4 Å². The van der Waals surface area contributed by atoms with Crippen LogP contribution in [-0.4, -0.2) is 47.1 Å². The van der Waals surface area contributed by atoms with Gasteiger partial charge in [-0.2, -0.15) is 0 Å². The second-order valence-electron chi connectivity index (χ2n) is 10.7. The quantitative estimate of drug-likeness (QED) is 0.673. The Hall–Kier alpha value is -0.0800. The van der Waals surface area contributed by atoms with Crippen molar-refractivity contribution in [3.05, 3.63) is 0 Å². The summed E-state index contributed by atoms with van der Waals surface area (Å²) < 4.78 is 0. The van der Waals surface area contributed by atoms with Crippen LogP contribution < -0.4 is 0 Å². The van der Waals surface area contributed by atoms with Gasteiger partial charge in [0.15, 0.2) is 0 Å². The lowest BCUT2D eigenvalue weighted by atomic mass is 9.52. The van der Waals surface area contributed by atoms with Crippen LogP contribution in [0.3, 0.4) is 0 Å². The van der Waals surface area contributed by atoms with E-state index in [2.05, 4.69) is 51.3 Å². The summed E-state index contributed by atoms with van der Waals surface area (Å²) in [6.07, 6.45) is 3.06. The predicted octanol–water partition coefficient (Wildman–Crippen LogP) is 3.72. The van der Waals surface area contributed by atoms with Gasteiger partial charge in [-0.25, -0.2) is 0 Å². The molecule has 0 aromatic heterocycles. The van der Waals surface area contributed by atoms with Crippen molar-refractivity contribution in [1.82, 2.24) is 9.80 Å². The third-order valence-electron chi connectivity index (χ3n) is 7.76. The van der Waals surface area contributed by atoms with E-state index < -0.39 is 0 Å². The molecule has 5 fully saturated rings. The highest BCUT2D eigenvalue weighted by Crippen LogP contribution is 2.60. The van der Waals surface area contributed by atoms with E-state index in [4.69, 9.17) is 0 Å². The maximum Gasteiger partial charge on any atom is 0.0125 e. The fourth-order valence-electron chi connectivity index (χ4n) is 6.49. The monoisotopic (exact) mass is 304 g/mol. The third kappa shape index (κ3) is 2.20. The van der Waals surface area contributed by atoms with Gasteiger partial charge in [0, 0.05) is 37.3 Å². The molecule has 0 N–H and O–H groups in total. The second-order valence-corrected chi connectivity index (χ2v) is 10.7.